The first kappa shape index (κ1) is 17.2. The number of Topliss-reactive ketones (excluding diaryl/α,β-unsaturated/α-hetero) is 1. The van der Waals surface area contributed by atoms with E-state index in [-0.39, 0.29) is 5.78 Å². The molecule has 0 heterocycles. The summed E-state index contributed by atoms with van der Waals surface area (Å²) < 4.78 is 5.13. The van der Waals surface area contributed by atoms with Gasteiger partial charge in [0.05, 0.1) is 0 Å². The molecule has 0 unspecified atom stereocenters. The van der Waals surface area contributed by atoms with Crippen LogP contribution >= 0.6 is 0 Å². The summed E-state index contributed by atoms with van der Waals surface area (Å²) in [5, 5.41) is 2.69. The summed E-state index contributed by atoms with van der Waals surface area (Å²) in [6.45, 7) is 7.95. The Morgan fingerprint density at radius 3 is 2.43 bits per heavy atom. The first-order chi connectivity index (χ1) is 9.79. The normalized spacial score (nSPS) is 11.0. The average molecular weight is 291 g/mol. The van der Waals surface area contributed by atoms with Crippen LogP contribution in [0.15, 0.2) is 24.3 Å². The number of unbranched alkanes of at least 4 members (excludes halogenated alkanes) is 1. The number of amides is 1. The number of rotatable bonds is 6. The van der Waals surface area contributed by atoms with Gasteiger partial charge in [0.1, 0.15) is 5.60 Å². The highest BCUT2D eigenvalue weighted by Gasteiger charge is 2.15. The van der Waals surface area contributed by atoms with Gasteiger partial charge in [-0.15, -0.1) is 0 Å². The van der Waals surface area contributed by atoms with Gasteiger partial charge in [-0.05, 0) is 46.1 Å². The van der Waals surface area contributed by atoms with Crippen molar-refractivity contribution < 1.29 is 14.3 Å². The van der Waals surface area contributed by atoms with E-state index in [1.54, 1.807) is 0 Å². The number of carbonyl (C=O) groups is 2. The Kier molecular flexibility index (Phi) is 6.40. The maximum atomic E-state index is 12.0. The van der Waals surface area contributed by atoms with Gasteiger partial charge in [-0.2, -0.15) is 0 Å². The number of ketones is 1. The Balaban J connectivity index is 2.22. The molecule has 1 rings (SSSR count). The fourth-order valence-electron chi connectivity index (χ4n) is 1.94. The summed E-state index contributed by atoms with van der Waals surface area (Å²) in [5.41, 5.74) is 1.32. The molecule has 0 aliphatic heterocycles. The van der Waals surface area contributed by atoms with Gasteiger partial charge in [-0.25, -0.2) is 4.79 Å². The van der Waals surface area contributed by atoms with Crippen LogP contribution in [0.1, 0.15) is 56.0 Å². The molecule has 0 aliphatic rings. The van der Waals surface area contributed by atoms with E-state index >= 15 is 0 Å². The predicted molar refractivity (Wildman–Crippen MR) is 83.6 cm³/mol. The number of hydrogen-bond donors (Lipinski definition) is 1. The van der Waals surface area contributed by atoms with Gasteiger partial charge in [0.25, 0.3) is 0 Å². The number of carbonyl (C=O) groups excluding carboxylic acids is 2. The standard InChI is InChI=1S/C17H25NO3/c1-13-9-5-6-10-14(13)15(19)11-7-8-12-18-16(20)21-17(2,3)4/h5-6,9-10H,7-8,11-12H2,1-4H3,(H,18,20). The van der Waals surface area contributed by atoms with E-state index in [0.717, 1.165) is 24.0 Å². The molecule has 4 heteroatoms. The van der Waals surface area contributed by atoms with Crippen molar-refractivity contribution in [3.63, 3.8) is 0 Å². The van der Waals surface area contributed by atoms with E-state index in [0.29, 0.717) is 13.0 Å². The van der Waals surface area contributed by atoms with Crippen LogP contribution in [0.4, 0.5) is 4.79 Å². The Bertz CT molecular complexity index is 489. The summed E-state index contributed by atoms with van der Waals surface area (Å²) in [7, 11) is 0. The van der Waals surface area contributed by atoms with Crippen molar-refractivity contribution in [2.45, 2.75) is 52.6 Å². The SMILES string of the molecule is Cc1ccccc1C(=O)CCCCNC(=O)OC(C)(C)C. The van der Waals surface area contributed by atoms with Crippen LogP contribution in [0.2, 0.25) is 0 Å². The second-order valence-electron chi connectivity index (χ2n) is 6.12. The Morgan fingerprint density at radius 1 is 1.14 bits per heavy atom. The molecule has 1 aromatic carbocycles. The molecular formula is C17H25NO3. The van der Waals surface area contributed by atoms with Crippen LogP contribution in [0.3, 0.4) is 0 Å². The van der Waals surface area contributed by atoms with Gasteiger partial charge >= 0.3 is 6.09 Å². The zero-order valence-corrected chi connectivity index (χ0v) is 13.4. The van der Waals surface area contributed by atoms with Gasteiger partial charge in [0, 0.05) is 18.5 Å². The third-order valence-corrected chi connectivity index (χ3v) is 2.94. The molecular weight excluding hydrogens is 266 g/mol. The number of hydrogen-bond acceptors (Lipinski definition) is 3. The van der Waals surface area contributed by atoms with E-state index in [2.05, 4.69) is 5.32 Å². The molecule has 116 valence electrons. The molecule has 0 spiro atoms. The Labute approximate surface area is 126 Å². The van der Waals surface area contributed by atoms with Gasteiger partial charge in [-0.1, -0.05) is 24.3 Å². The number of nitrogens with one attached hydrogen (secondary N) is 1. The lowest BCUT2D eigenvalue weighted by atomic mass is 10.0. The molecule has 0 aromatic heterocycles. The maximum Gasteiger partial charge on any atom is 0.407 e. The summed E-state index contributed by atoms with van der Waals surface area (Å²) in [6, 6.07) is 7.61. The third-order valence-electron chi connectivity index (χ3n) is 2.94. The number of ether oxygens (including phenoxy) is 1. The van der Waals surface area contributed by atoms with Gasteiger partial charge in [0.15, 0.2) is 5.78 Å². The summed E-state index contributed by atoms with van der Waals surface area (Å²) in [4.78, 5) is 23.5. The molecule has 1 aromatic rings. The van der Waals surface area contributed by atoms with E-state index < -0.39 is 11.7 Å². The van der Waals surface area contributed by atoms with Crippen LogP contribution in [0.25, 0.3) is 0 Å². The summed E-state index contributed by atoms with van der Waals surface area (Å²) in [6.07, 6.45) is 1.61. The van der Waals surface area contributed by atoms with Crippen molar-refractivity contribution in [1.29, 1.82) is 0 Å². The highest BCUT2D eigenvalue weighted by molar-refractivity contribution is 5.97. The quantitative estimate of drug-likeness (QED) is 0.639. The number of alkyl carbamates (subject to hydrolysis) is 1. The minimum atomic E-state index is -0.481. The van der Waals surface area contributed by atoms with Crippen LogP contribution in [-0.2, 0) is 4.74 Å². The van der Waals surface area contributed by atoms with E-state index in [4.69, 9.17) is 4.74 Å². The maximum absolute atomic E-state index is 12.0. The van der Waals surface area contributed by atoms with Crippen molar-refractivity contribution in [2.75, 3.05) is 6.54 Å². The monoisotopic (exact) mass is 291 g/mol. The average Bonchev–Trinajstić information content (AvgIpc) is 2.36. The molecule has 0 fully saturated rings. The first-order valence-electron chi connectivity index (χ1n) is 7.35. The van der Waals surface area contributed by atoms with Crippen molar-refractivity contribution >= 4 is 11.9 Å². The van der Waals surface area contributed by atoms with Crippen LogP contribution in [0, 0.1) is 6.92 Å². The van der Waals surface area contributed by atoms with Crippen molar-refractivity contribution in [2.24, 2.45) is 0 Å². The largest absolute Gasteiger partial charge is 0.444 e. The molecule has 0 saturated carbocycles. The van der Waals surface area contributed by atoms with E-state index in [1.165, 1.54) is 0 Å². The van der Waals surface area contributed by atoms with Gasteiger partial charge < -0.3 is 10.1 Å². The molecule has 1 N–H and O–H groups in total. The minimum Gasteiger partial charge on any atom is -0.444 e. The second kappa shape index (κ2) is 7.81. The minimum absolute atomic E-state index is 0.158. The number of benzene rings is 1. The summed E-state index contributed by atoms with van der Waals surface area (Å²) in [5.74, 6) is 0.158. The van der Waals surface area contributed by atoms with Crippen LogP contribution in [-0.4, -0.2) is 24.0 Å². The topological polar surface area (TPSA) is 55.4 Å². The lowest BCUT2D eigenvalue weighted by Crippen LogP contribution is -2.33. The number of aryl methyl sites for hydroxylation is 1. The fourth-order valence-corrected chi connectivity index (χ4v) is 1.94. The lowest BCUT2D eigenvalue weighted by Gasteiger charge is -2.19. The first-order valence-corrected chi connectivity index (χ1v) is 7.35. The van der Waals surface area contributed by atoms with Crippen LogP contribution in [0.5, 0.6) is 0 Å². The second-order valence-corrected chi connectivity index (χ2v) is 6.12. The van der Waals surface area contributed by atoms with Crippen molar-refractivity contribution in [3.8, 4) is 0 Å². The summed E-state index contributed by atoms with van der Waals surface area (Å²) >= 11 is 0. The predicted octanol–water partition coefficient (Wildman–Crippen LogP) is 3.87. The molecule has 0 bridgehead atoms. The van der Waals surface area contributed by atoms with Gasteiger partial charge in [-0.3, -0.25) is 4.79 Å². The third kappa shape index (κ3) is 6.93. The molecule has 4 nitrogen and oxygen atoms in total. The smallest absolute Gasteiger partial charge is 0.407 e. The highest BCUT2D eigenvalue weighted by atomic mass is 16.6. The zero-order valence-electron chi connectivity index (χ0n) is 13.4. The van der Waals surface area contributed by atoms with Crippen LogP contribution < -0.4 is 5.32 Å². The molecule has 0 atom stereocenters. The fraction of sp³-hybridized carbons (Fsp3) is 0.529. The van der Waals surface area contributed by atoms with Crippen molar-refractivity contribution in [3.05, 3.63) is 35.4 Å². The molecule has 0 aliphatic carbocycles. The van der Waals surface area contributed by atoms with Crippen molar-refractivity contribution in [1.82, 2.24) is 5.32 Å². The zero-order chi connectivity index (χ0) is 15.9. The molecule has 1 amide bonds. The highest BCUT2D eigenvalue weighted by Crippen LogP contribution is 2.11. The lowest BCUT2D eigenvalue weighted by molar-refractivity contribution is 0.0527. The van der Waals surface area contributed by atoms with Gasteiger partial charge in [0.2, 0.25) is 0 Å². The van der Waals surface area contributed by atoms with E-state index in [1.807, 2.05) is 52.0 Å². The molecule has 21 heavy (non-hydrogen) atoms. The molecule has 0 radical (unpaired) electrons. The van der Waals surface area contributed by atoms with E-state index in [9.17, 15) is 9.59 Å². The Hall–Kier alpha value is -1.84. The Morgan fingerprint density at radius 2 is 1.81 bits per heavy atom. The molecule has 0 saturated heterocycles.